The number of esters is 1. The highest BCUT2D eigenvalue weighted by atomic mass is 16.5. The molecule has 0 heterocycles. The summed E-state index contributed by atoms with van der Waals surface area (Å²) in [7, 11) is 0. The highest BCUT2D eigenvalue weighted by Crippen LogP contribution is 2.12. The van der Waals surface area contributed by atoms with Crippen LogP contribution < -0.4 is 0 Å². The van der Waals surface area contributed by atoms with Gasteiger partial charge in [0.15, 0.2) is 0 Å². The van der Waals surface area contributed by atoms with Gasteiger partial charge in [-0.1, -0.05) is 26.7 Å². The van der Waals surface area contributed by atoms with Gasteiger partial charge in [0, 0.05) is 0 Å². The molecule has 0 spiro atoms. The van der Waals surface area contributed by atoms with E-state index in [1.54, 1.807) is 0 Å². The molecule has 0 rings (SSSR count). The van der Waals surface area contributed by atoms with Crippen LogP contribution >= 0.6 is 0 Å². The van der Waals surface area contributed by atoms with Gasteiger partial charge < -0.3 is 9.84 Å². The monoisotopic (exact) mass is 216 g/mol. The van der Waals surface area contributed by atoms with Crippen LogP contribution in [0, 0.1) is 5.92 Å². The number of carboxylic acid groups (broad SMARTS) is 1. The summed E-state index contributed by atoms with van der Waals surface area (Å²) >= 11 is 0. The second kappa shape index (κ2) is 8.26. The van der Waals surface area contributed by atoms with E-state index in [-0.39, 0.29) is 6.42 Å². The molecule has 1 unspecified atom stereocenters. The first-order chi connectivity index (χ1) is 7.11. The fourth-order valence-corrected chi connectivity index (χ4v) is 1.25. The van der Waals surface area contributed by atoms with Crippen molar-refractivity contribution in [2.75, 3.05) is 6.61 Å². The highest BCUT2D eigenvalue weighted by Gasteiger charge is 2.20. The fourth-order valence-electron chi connectivity index (χ4n) is 1.25. The number of ether oxygens (including phenoxy) is 1. The van der Waals surface area contributed by atoms with Crippen LogP contribution in [0.2, 0.25) is 0 Å². The number of hydrogen-bond acceptors (Lipinski definition) is 3. The number of unbranched alkanes of at least 4 members (excludes halogenated alkanes) is 1. The van der Waals surface area contributed by atoms with Crippen molar-refractivity contribution < 1.29 is 19.4 Å². The van der Waals surface area contributed by atoms with Crippen LogP contribution in [0.5, 0.6) is 0 Å². The largest absolute Gasteiger partial charge is 0.481 e. The van der Waals surface area contributed by atoms with E-state index in [1.807, 2.05) is 13.8 Å². The lowest BCUT2D eigenvalue weighted by Crippen LogP contribution is -2.19. The van der Waals surface area contributed by atoms with E-state index in [9.17, 15) is 9.59 Å². The van der Waals surface area contributed by atoms with E-state index >= 15 is 0 Å². The Labute approximate surface area is 90.6 Å². The molecule has 1 N–H and O–H groups in total. The topological polar surface area (TPSA) is 63.6 Å². The van der Waals surface area contributed by atoms with Crippen LogP contribution in [0.1, 0.15) is 46.0 Å². The van der Waals surface area contributed by atoms with Crippen LogP contribution in [0.25, 0.3) is 0 Å². The molecule has 0 amide bonds. The normalized spacial score (nSPS) is 12.1. The number of carbonyl (C=O) groups is 2. The van der Waals surface area contributed by atoms with Gasteiger partial charge in [-0.2, -0.15) is 0 Å². The molecule has 4 heteroatoms. The van der Waals surface area contributed by atoms with E-state index in [4.69, 9.17) is 9.84 Å². The third-order valence-corrected chi connectivity index (χ3v) is 2.16. The van der Waals surface area contributed by atoms with Crippen LogP contribution in [-0.4, -0.2) is 23.7 Å². The average Bonchev–Trinajstić information content (AvgIpc) is 2.17. The molecule has 0 radical (unpaired) electrons. The van der Waals surface area contributed by atoms with Crippen molar-refractivity contribution in [3.8, 4) is 0 Å². The standard InChI is InChI=1S/C11H20O4/c1-3-5-7-15-10(12)8-9(6-4-2)11(13)14/h9H,3-8H2,1-2H3,(H,13,14). The lowest BCUT2D eigenvalue weighted by molar-refractivity contribution is -0.151. The van der Waals surface area contributed by atoms with Crippen LogP contribution in [0.4, 0.5) is 0 Å². The van der Waals surface area contributed by atoms with Crippen molar-refractivity contribution in [3.63, 3.8) is 0 Å². The van der Waals surface area contributed by atoms with Crippen molar-refractivity contribution in [1.82, 2.24) is 0 Å². The van der Waals surface area contributed by atoms with Gasteiger partial charge in [-0.25, -0.2) is 0 Å². The Morgan fingerprint density at radius 3 is 2.40 bits per heavy atom. The summed E-state index contributed by atoms with van der Waals surface area (Å²) in [5.41, 5.74) is 0. The van der Waals surface area contributed by atoms with Gasteiger partial charge in [0.05, 0.1) is 18.9 Å². The first kappa shape index (κ1) is 13.9. The number of aliphatic carboxylic acids is 1. The van der Waals surface area contributed by atoms with E-state index in [0.717, 1.165) is 19.3 Å². The van der Waals surface area contributed by atoms with Gasteiger partial charge in [0.2, 0.25) is 0 Å². The van der Waals surface area contributed by atoms with E-state index in [0.29, 0.717) is 13.0 Å². The maximum atomic E-state index is 11.2. The van der Waals surface area contributed by atoms with Crippen molar-refractivity contribution in [2.24, 2.45) is 5.92 Å². The van der Waals surface area contributed by atoms with Gasteiger partial charge in [0.25, 0.3) is 0 Å². The van der Waals surface area contributed by atoms with Crippen LogP contribution in [0.3, 0.4) is 0 Å². The lowest BCUT2D eigenvalue weighted by Gasteiger charge is -2.10. The van der Waals surface area contributed by atoms with Gasteiger partial charge in [-0.05, 0) is 12.8 Å². The van der Waals surface area contributed by atoms with E-state index < -0.39 is 17.9 Å². The summed E-state index contributed by atoms with van der Waals surface area (Å²) in [4.78, 5) is 22.0. The molecule has 88 valence electrons. The maximum absolute atomic E-state index is 11.2. The van der Waals surface area contributed by atoms with Crippen LogP contribution in [-0.2, 0) is 14.3 Å². The number of carbonyl (C=O) groups excluding carboxylic acids is 1. The van der Waals surface area contributed by atoms with Gasteiger partial charge >= 0.3 is 11.9 Å². The van der Waals surface area contributed by atoms with Crippen molar-refractivity contribution >= 4 is 11.9 Å². The predicted molar refractivity (Wildman–Crippen MR) is 56.5 cm³/mol. The van der Waals surface area contributed by atoms with E-state index in [1.165, 1.54) is 0 Å². The molecule has 4 nitrogen and oxygen atoms in total. The molecular weight excluding hydrogens is 196 g/mol. The third-order valence-electron chi connectivity index (χ3n) is 2.16. The summed E-state index contributed by atoms with van der Waals surface area (Å²) in [5, 5.41) is 8.82. The molecule has 0 aromatic carbocycles. The van der Waals surface area contributed by atoms with Crippen molar-refractivity contribution in [1.29, 1.82) is 0 Å². The average molecular weight is 216 g/mol. The molecule has 0 saturated heterocycles. The smallest absolute Gasteiger partial charge is 0.307 e. The maximum Gasteiger partial charge on any atom is 0.307 e. The first-order valence-electron chi connectivity index (χ1n) is 5.50. The SMILES string of the molecule is CCCCOC(=O)CC(CCC)C(=O)O. The molecule has 0 aliphatic heterocycles. The molecule has 0 aliphatic rings. The quantitative estimate of drug-likeness (QED) is 0.499. The molecule has 1 atom stereocenters. The Morgan fingerprint density at radius 2 is 1.93 bits per heavy atom. The number of rotatable bonds is 8. The zero-order chi connectivity index (χ0) is 11.7. The Hall–Kier alpha value is -1.06. The second-order valence-electron chi connectivity index (χ2n) is 3.60. The Bertz CT molecular complexity index is 201. The molecular formula is C11H20O4. The van der Waals surface area contributed by atoms with Gasteiger partial charge in [-0.15, -0.1) is 0 Å². The van der Waals surface area contributed by atoms with Crippen molar-refractivity contribution in [3.05, 3.63) is 0 Å². The molecule has 0 bridgehead atoms. The summed E-state index contributed by atoms with van der Waals surface area (Å²) in [6.45, 7) is 4.30. The predicted octanol–water partition coefficient (Wildman–Crippen LogP) is 2.22. The Morgan fingerprint density at radius 1 is 1.27 bits per heavy atom. The minimum atomic E-state index is -0.913. The van der Waals surface area contributed by atoms with Gasteiger partial charge in [-0.3, -0.25) is 9.59 Å². The lowest BCUT2D eigenvalue weighted by atomic mass is 10.0. The summed E-state index contributed by atoms with van der Waals surface area (Å²) < 4.78 is 4.91. The number of carboxylic acids is 1. The summed E-state index contributed by atoms with van der Waals surface area (Å²) in [5.74, 6) is -1.90. The number of hydrogen-bond donors (Lipinski definition) is 1. The fraction of sp³-hybridized carbons (Fsp3) is 0.818. The molecule has 0 fully saturated rings. The van der Waals surface area contributed by atoms with Crippen molar-refractivity contribution in [2.45, 2.75) is 46.0 Å². The molecule has 0 aliphatic carbocycles. The Kier molecular flexibility index (Phi) is 7.68. The molecule has 0 saturated carbocycles. The Balaban J connectivity index is 3.84. The summed E-state index contributed by atoms with van der Waals surface area (Å²) in [6, 6.07) is 0. The minimum absolute atomic E-state index is 0.00706. The highest BCUT2D eigenvalue weighted by molar-refractivity contribution is 5.78. The summed E-state index contributed by atoms with van der Waals surface area (Å²) in [6.07, 6.45) is 3.08. The molecule has 0 aromatic rings. The zero-order valence-corrected chi connectivity index (χ0v) is 9.49. The molecule has 0 aromatic heterocycles. The second-order valence-corrected chi connectivity index (χ2v) is 3.60. The van der Waals surface area contributed by atoms with E-state index in [2.05, 4.69) is 0 Å². The minimum Gasteiger partial charge on any atom is -0.481 e. The first-order valence-corrected chi connectivity index (χ1v) is 5.50. The molecule has 15 heavy (non-hydrogen) atoms. The van der Waals surface area contributed by atoms with Crippen LogP contribution in [0.15, 0.2) is 0 Å². The van der Waals surface area contributed by atoms with Gasteiger partial charge in [0.1, 0.15) is 0 Å². The third kappa shape index (κ3) is 6.94. The zero-order valence-electron chi connectivity index (χ0n) is 9.49.